The highest BCUT2D eigenvalue weighted by molar-refractivity contribution is 4.52. The smallest absolute Gasteiger partial charge is 0.0558 e. The van der Waals surface area contributed by atoms with E-state index in [2.05, 4.69) is 30.9 Å². The molecule has 15 heavy (non-hydrogen) atoms. The van der Waals surface area contributed by atoms with Gasteiger partial charge in [-0.3, -0.25) is 0 Å². The van der Waals surface area contributed by atoms with Crippen molar-refractivity contribution in [3.05, 3.63) is 0 Å². The van der Waals surface area contributed by atoms with Crippen LogP contribution in [0.1, 0.15) is 32.1 Å². The molecule has 0 fully saturated rings. The van der Waals surface area contributed by atoms with Crippen LogP contribution in [0.3, 0.4) is 0 Å². The summed E-state index contributed by atoms with van der Waals surface area (Å²) in [6.45, 7) is 3.42. The summed E-state index contributed by atoms with van der Waals surface area (Å²) in [4.78, 5) is 4.44. The lowest BCUT2D eigenvalue weighted by Gasteiger charge is -2.14. The number of rotatable bonds is 10. The molecule has 0 rings (SSSR count). The molecule has 0 aromatic heterocycles. The van der Waals surface area contributed by atoms with Gasteiger partial charge >= 0.3 is 0 Å². The first-order valence-electron chi connectivity index (χ1n) is 6.11. The number of nitrogens with zero attached hydrogens (tertiary/aromatic N) is 2. The van der Waals surface area contributed by atoms with Gasteiger partial charge in [0.25, 0.3) is 0 Å². The lowest BCUT2D eigenvalue weighted by atomic mass is 10.1. The van der Waals surface area contributed by atoms with Crippen molar-refractivity contribution in [1.82, 2.24) is 9.80 Å². The molecule has 0 aliphatic rings. The molecule has 3 nitrogen and oxygen atoms in total. The molecule has 92 valence electrons. The molecule has 0 bridgehead atoms. The third-order valence-corrected chi connectivity index (χ3v) is 2.63. The van der Waals surface area contributed by atoms with Gasteiger partial charge in [0.2, 0.25) is 0 Å². The summed E-state index contributed by atoms with van der Waals surface area (Å²) in [5, 5.41) is 8.72. The van der Waals surface area contributed by atoms with Crippen LogP contribution in [0.2, 0.25) is 0 Å². The van der Waals surface area contributed by atoms with Gasteiger partial charge in [0.15, 0.2) is 0 Å². The van der Waals surface area contributed by atoms with E-state index in [-0.39, 0.29) is 6.61 Å². The van der Waals surface area contributed by atoms with E-state index in [9.17, 15) is 0 Å². The maximum atomic E-state index is 8.72. The quantitative estimate of drug-likeness (QED) is 0.560. The first-order chi connectivity index (χ1) is 7.16. The summed E-state index contributed by atoms with van der Waals surface area (Å²) in [5.74, 6) is 0. The van der Waals surface area contributed by atoms with Crippen LogP contribution in [-0.2, 0) is 0 Å². The summed E-state index contributed by atoms with van der Waals surface area (Å²) in [7, 11) is 6.33. The van der Waals surface area contributed by atoms with Crippen LogP contribution in [0.5, 0.6) is 0 Å². The van der Waals surface area contributed by atoms with Crippen molar-refractivity contribution in [2.24, 2.45) is 0 Å². The van der Waals surface area contributed by atoms with Crippen molar-refractivity contribution in [2.45, 2.75) is 32.1 Å². The Hall–Kier alpha value is -0.120. The molecule has 0 aromatic carbocycles. The summed E-state index contributed by atoms with van der Waals surface area (Å²) in [6.07, 6.45) is 6.60. The maximum Gasteiger partial charge on any atom is 0.0558 e. The predicted molar refractivity (Wildman–Crippen MR) is 66.2 cm³/mol. The molecule has 0 aromatic rings. The Morgan fingerprint density at radius 3 is 1.80 bits per heavy atom. The minimum absolute atomic E-state index is 0.277. The molecule has 3 heteroatoms. The van der Waals surface area contributed by atoms with Crippen LogP contribution in [-0.4, -0.2) is 62.3 Å². The molecule has 0 unspecified atom stereocenters. The number of aliphatic hydroxyl groups excluding tert-OH is 1. The van der Waals surface area contributed by atoms with Crippen LogP contribution in [0.25, 0.3) is 0 Å². The first kappa shape index (κ1) is 14.9. The highest BCUT2D eigenvalue weighted by Crippen LogP contribution is 2.04. The largest absolute Gasteiger partial charge is 0.395 e. The minimum Gasteiger partial charge on any atom is -0.395 e. The van der Waals surface area contributed by atoms with E-state index in [1.165, 1.54) is 38.6 Å². The second-order valence-corrected chi connectivity index (χ2v) is 4.60. The number of unbranched alkanes of at least 4 members (excludes halogenated alkanes) is 4. The number of hydrogen-bond donors (Lipinski definition) is 1. The van der Waals surface area contributed by atoms with Gasteiger partial charge < -0.3 is 14.9 Å². The zero-order valence-electron chi connectivity index (χ0n) is 10.7. The lowest BCUT2D eigenvalue weighted by Crippen LogP contribution is -2.23. The van der Waals surface area contributed by atoms with Gasteiger partial charge in [-0.15, -0.1) is 0 Å². The van der Waals surface area contributed by atoms with E-state index >= 15 is 0 Å². The minimum atomic E-state index is 0.277. The predicted octanol–water partition coefficient (Wildman–Crippen LogP) is 1.42. The molecule has 0 atom stereocenters. The molecule has 0 heterocycles. The topological polar surface area (TPSA) is 26.7 Å². The van der Waals surface area contributed by atoms with Crippen molar-refractivity contribution in [1.29, 1.82) is 0 Å². The van der Waals surface area contributed by atoms with Crippen molar-refractivity contribution < 1.29 is 5.11 Å². The SMILES string of the molecule is CN(C)CCCCCCCN(C)CCO. The first-order valence-corrected chi connectivity index (χ1v) is 6.11. The van der Waals surface area contributed by atoms with E-state index in [4.69, 9.17) is 5.11 Å². The Balaban J connectivity index is 3.04. The second kappa shape index (κ2) is 10.4. The molecule has 0 spiro atoms. The third kappa shape index (κ3) is 11.8. The van der Waals surface area contributed by atoms with Crippen molar-refractivity contribution in [2.75, 3.05) is 47.4 Å². The Bertz CT molecular complexity index is 129. The standard InChI is InChI=1S/C12H28N2O/c1-13(2)9-7-5-4-6-8-10-14(3)11-12-15/h15H,4-12H2,1-3H3. The third-order valence-electron chi connectivity index (χ3n) is 2.63. The summed E-state index contributed by atoms with van der Waals surface area (Å²) < 4.78 is 0. The Labute approximate surface area is 95.1 Å². The maximum absolute atomic E-state index is 8.72. The zero-order valence-corrected chi connectivity index (χ0v) is 10.7. The average Bonchev–Trinajstić information content (AvgIpc) is 2.16. The van der Waals surface area contributed by atoms with Crippen LogP contribution in [0.4, 0.5) is 0 Å². The van der Waals surface area contributed by atoms with Crippen LogP contribution in [0, 0.1) is 0 Å². The average molecular weight is 216 g/mol. The highest BCUT2D eigenvalue weighted by Gasteiger charge is 1.97. The summed E-state index contributed by atoms with van der Waals surface area (Å²) >= 11 is 0. The zero-order chi connectivity index (χ0) is 11.5. The molecule has 0 amide bonds. The van der Waals surface area contributed by atoms with Gasteiger partial charge in [-0.1, -0.05) is 19.3 Å². The molecule has 1 N–H and O–H groups in total. The Morgan fingerprint density at radius 1 is 0.733 bits per heavy atom. The van der Waals surface area contributed by atoms with E-state index in [0.717, 1.165) is 13.1 Å². The molecule has 0 radical (unpaired) electrons. The number of likely N-dealkylation sites (N-methyl/N-ethyl adjacent to an activating group) is 1. The monoisotopic (exact) mass is 216 g/mol. The van der Waals surface area contributed by atoms with E-state index in [1.54, 1.807) is 0 Å². The van der Waals surface area contributed by atoms with Crippen molar-refractivity contribution in [3.63, 3.8) is 0 Å². The van der Waals surface area contributed by atoms with Crippen LogP contribution in [0.15, 0.2) is 0 Å². The number of aliphatic hydroxyl groups is 1. The highest BCUT2D eigenvalue weighted by atomic mass is 16.3. The fraction of sp³-hybridized carbons (Fsp3) is 1.00. The molecular formula is C12H28N2O. The number of hydrogen-bond acceptors (Lipinski definition) is 3. The normalized spacial score (nSPS) is 11.6. The van der Waals surface area contributed by atoms with Crippen LogP contribution < -0.4 is 0 Å². The van der Waals surface area contributed by atoms with Gasteiger partial charge in [0, 0.05) is 6.54 Å². The van der Waals surface area contributed by atoms with E-state index in [1.807, 2.05) is 0 Å². The van der Waals surface area contributed by atoms with Gasteiger partial charge in [-0.25, -0.2) is 0 Å². The second-order valence-electron chi connectivity index (χ2n) is 4.60. The van der Waals surface area contributed by atoms with E-state index in [0.29, 0.717) is 0 Å². The van der Waals surface area contributed by atoms with Gasteiger partial charge in [0.1, 0.15) is 0 Å². The van der Waals surface area contributed by atoms with Crippen molar-refractivity contribution >= 4 is 0 Å². The van der Waals surface area contributed by atoms with Gasteiger partial charge in [-0.05, 0) is 47.1 Å². The lowest BCUT2D eigenvalue weighted by molar-refractivity contribution is 0.219. The molecular weight excluding hydrogens is 188 g/mol. The van der Waals surface area contributed by atoms with E-state index < -0.39 is 0 Å². The molecule has 0 saturated carbocycles. The Morgan fingerprint density at radius 2 is 1.27 bits per heavy atom. The van der Waals surface area contributed by atoms with Crippen molar-refractivity contribution in [3.8, 4) is 0 Å². The Kier molecular flexibility index (Phi) is 10.3. The molecule has 0 aliphatic heterocycles. The molecule has 0 aliphatic carbocycles. The van der Waals surface area contributed by atoms with Crippen LogP contribution >= 0.6 is 0 Å². The summed E-state index contributed by atoms with van der Waals surface area (Å²) in [5.41, 5.74) is 0. The summed E-state index contributed by atoms with van der Waals surface area (Å²) in [6, 6.07) is 0. The molecule has 0 saturated heterocycles. The fourth-order valence-electron chi connectivity index (χ4n) is 1.62. The van der Waals surface area contributed by atoms with Gasteiger partial charge in [-0.2, -0.15) is 0 Å². The van der Waals surface area contributed by atoms with Gasteiger partial charge in [0.05, 0.1) is 6.61 Å². The fourth-order valence-corrected chi connectivity index (χ4v) is 1.62.